The molecule has 0 N–H and O–H groups in total. The average Bonchev–Trinajstić information content (AvgIpc) is 2.98. The predicted octanol–water partition coefficient (Wildman–Crippen LogP) is 5.27. The van der Waals surface area contributed by atoms with Crippen LogP contribution in [0, 0.1) is 0 Å². The van der Waals surface area contributed by atoms with Crippen LogP contribution in [0.2, 0.25) is 0 Å². The molecule has 0 bridgehead atoms. The van der Waals surface area contributed by atoms with Gasteiger partial charge in [-0.2, -0.15) is 0 Å². The predicted molar refractivity (Wildman–Crippen MR) is 159 cm³/mol. The van der Waals surface area contributed by atoms with E-state index in [1.165, 1.54) is 32.5 Å². The standard InChI is InChI=1S/C33H36O8S/c1-5-42-32-31(40-24(4)36)30(39-23(3)35)29(38-22(2)34)28(41-32)21-37-33(25-15-9-6-10-16-25,26-17-11-7-12-18-26)27-19-13-8-14-20-27/h6-20,28-32H,5,21H2,1-4H3. The van der Waals surface area contributed by atoms with Crippen molar-refractivity contribution in [2.75, 3.05) is 12.4 Å². The summed E-state index contributed by atoms with van der Waals surface area (Å²) >= 11 is 1.39. The number of benzene rings is 3. The summed E-state index contributed by atoms with van der Waals surface area (Å²) in [6, 6.07) is 29.5. The van der Waals surface area contributed by atoms with Gasteiger partial charge in [0.25, 0.3) is 0 Å². The fourth-order valence-corrected chi connectivity index (χ4v) is 6.21. The lowest BCUT2D eigenvalue weighted by Crippen LogP contribution is -2.61. The number of thioether (sulfide) groups is 1. The molecule has 5 atom stereocenters. The number of hydrogen-bond donors (Lipinski definition) is 0. The van der Waals surface area contributed by atoms with E-state index >= 15 is 0 Å². The van der Waals surface area contributed by atoms with Crippen LogP contribution < -0.4 is 0 Å². The lowest BCUT2D eigenvalue weighted by Gasteiger charge is -2.45. The van der Waals surface area contributed by atoms with Gasteiger partial charge in [0.15, 0.2) is 18.3 Å². The zero-order valence-corrected chi connectivity index (χ0v) is 25.0. The van der Waals surface area contributed by atoms with Crippen LogP contribution in [0.1, 0.15) is 44.4 Å². The molecule has 42 heavy (non-hydrogen) atoms. The van der Waals surface area contributed by atoms with Gasteiger partial charge in [0, 0.05) is 20.8 Å². The topological polar surface area (TPSA) is 97.4 Å². The van der Waals surface area contributed by atoms with Gasteiger partial charge in [0.1, 0.15) is 17.1 Å². The third-order valence-corrected chi connectivity index (χ3v) is 7.87. The Balaban J connectivity index is 1.81. The monoisotopic (exact) mass is 592 g/mol. The molecule has 1 fully saturated rings. The first-order valence-corrected chi connectivity index (χ1v) is 14.9. The summed E-state index contributed by atoms with van der Waals surface area (Å²) in [7, 11) is 0. The Labute approximate surface area is 250 Å². The molecule has 1 saturated heterocycles. The van der Waals surface area contributed by atoms with Crippen molar-refractivity contribution in [1.82, 2.24) is 0 Å². The third-order valence-electron chi connectivity index (χ3n) is 6.83. The molecule has 1 heterocycles. The molecule has 1 aliphatic heterocycles. The Kier molecular flexibility index (Phi) is 10.8. The first-order chi connectivity index (χ1) is 20.3. The summed E-state index contributed by atoms with van der Waals surface area (Å²) in [5.74, 6) is -1.16. The van der Waals surface area contributed by atoms with Gasteiger partial charge in [-0.3, -0.25) is 14.4 Å². The molecule has 0 aliphatic carbocycles. The maximum Gasteiger partial charge on any atom is 0.303 e. The highest BCUT2D eigenvalue weighted by atomic mass is 32.2. The van der Waals surface area contributed by atoms with Crippen molar-refractivity contribution in [3.8, 4) is 0 Å². The second kappa shape index (κ2) is 14.5. The zero-order chi connectivity index (χ0) is 30.1. The highest BCUT2D eigenvalue weighted by molar-refractivity contribution is 7.99. The van der Waals surface area contributed by atoms with Crippen LogP contribution in [0.15, 0.2) is 91.0 Å². The van der Waals surface area contributed by atoms with Crippen LogP contribution in [-0.2, 0) is 43.7 Å². The molecular weight excluding hydrogens is 556 g/mol. The minimum absolute atomic E-state index is 0.0536. The van der Waals surface area contributed by atoms with E-state index < -0.39 is 53.4 Å². The third kappa shape index (κ3) is 7.21. The van der Waals surface area contributed by atoms with Crippen LogP contribution >= 0.6 is 11.8 Å². The van der Waals surface area contributed by atoms with Crippen LogP contribution in [0.25, 0.3) is 0 Å². The van der Waals surface area contributed by atoms with Crippen LogP contribution in [0.5, 0.6) is 0 Å². The molecule has 0 radical (unpaired) electrons. The SMILES string of the molecule is CCSC1OC(COC(c2ccccc2)(c2ccccc2)c2ccccc2)C(OC(C)=O)C(OC(C)=O)C1OC(C)=O. The Morgan fingerprint density at radius 3 is 1.48 bits per heavy atom. The number of carbonyl (C=O) groups is 3. The van der Waals surface area contributed by atoms with E-state index in [2.05, 4.69) is 0 Å². The lowest BCUT2D eigenvalue weighted by molar-refractivity contribution is -0.241. The molecule has 0 spiro atoms. The normalized spacial score (nSPS) is 22.1. The van der Waals surface area contributed by atoms with E-state index in [1.807, 2.05) is 97.9 Å². The molecule has 4 rings (SSSR count). The van der Waals surface area contributed by atoms with Crippen molar-refractivity contribution >= 4 is 29.7 Å². The first kappa shape index (κ1) is 31.3. The molecule has 9 heteroatoms. The molecule has 222 valence electrons. The highest BCUT2D eigenvalue weighted by Gasteiger charge is 2.52. The molecule has 0 aromatic heterocycles. The van der Waals surface area contributed by atoms with Crippen molar-refractivity contribution in [3.05, 3.63) is 108 Å². The number of hydrogen-bond acceptors (Lipinski definition) is 9. The number of ether oxygens (including phenoxy) is 5. The molecule has 1 aliphatic rings. The van der Waals surface area contributed by atoms with Gasteiger partial charge in [-0.15, -0.1) is 11.8 Å². The van der Waals surface area contributed by atoms with E-state index in [-0.39, 0.29) is 6.61 Å². The summed E-state index contributed by atoms with van der Waals surface area (Å²) in [6.07, 6.45) is -4.09. The van der Waals surface area contributed by atoms with Crippen molar-refractivity contribution < 1.29 is 38.1 Å². The Morgan fingerprint density at radius 2 is 1.07 bits per heavy atom. The first-order valence-electron chi connectivity index (χ1n) is 13.9. The van der Waals surface area contributed by atoms with Gasteiger partial charge in [-0.25, -0.2) is 0 Å². The lowest BCUT2D eigenvalue weighted by atomic mass is 9.80. The molecular formula is C33H36O8S. The fourth-order valence-electron chi connectivity index (χ4n) is 5.26. The van der Waals surface area contributed by atoms with Gasteiger partial charge in [0.05, 0.1) is 6.61 Å². The largest absolute Gasteiger partial charge is 0.456 e. The number of esters is 3. The summed E-state index contributed by atoms with van der Waals surface area (Å²) < 4.78 is 30.4. The van der Waals surface area contributed by atoms with Crippen LogP contribution in [-0.4, -0.2) is 60.1 Å². The minimum atomic E-state index is -1.11. The molecule has 0 amide bonds. The quantitative estimate of drug-likeness (QED) is 0.168. The van der Waals surface area contributed by atoms with Crippen molar-refractivity contribution in [2.45, 2.75) is 63.1 Å². The van der Waals surface area contributed by atoms with E-state index in [4.69, 9.17) is 23.7 Å². The summed E-state index contributed by atoms with van der Waals surface area (Å²) in [6.45, 7) is 5.67. The van der Waals surface area contributed by atoms with Gasteiger partial charge in [-0.1, -0.05) is 97.9 Å². The average molecular weight is 593 g/mol. The molecule has 3 aromatic rings. The summed E-state index contributed by atoms with van der Waals surface area (Å²) in [5, 5.41) is 0. The Hall–Kier alpha value is -3.66. The smallest absolute Gasteiger partial charge is 0.303 e. The van der Waals surface area contributed by atoms with Crippen LogP contribution in [0.3, 0.4) is 0 Å². The second-order valence-electron chi connectivity index (χ2n) is 9.81. The Bertz CT molecular complexity index is 1220. The number of carbonyl (C=O) groups excluding carboxylic acids is 3. The van der Waals surface area contributed by atoms with E-state index in [0.717, 1.165) is 16.7 Å². The van der Waals surface area contributed by atoms with E-state index in [9.17, 15) is 14.4 Å². The van der Waals surface area contributed by atoms with Gasteiger partial charge in [0.2, 0.25) is 0 Å². The maximum absolute atomic E-state index is 12.3. The molecule has 8 nitrogen and oxygen atoms in total. The highest BCUT2D eigenvalue weighted by Crippen LogP contribution is 2.42. The molecule has 3 aromatic carbocycles. The summed E-state index contributed by atoms with van der Waals surface area (Å²) in [4.78, 5) is 36.6. The van der Waals surface area contributed by atoms with E-state index in [1.54, 1.807) is 0 Å². The Morgan fingerprint density at radius 1 is 0.667 bits per heavy atom. The second-order valence-corrected chi connectivity index (χ2v) is 11.2. The summed E-state index contributed by atoms with van der Waals surface area (Å²) in [5.41, 5.74) is 0.886. The van der Waals surface area contributed by atoms with Crippen molar-refractivity contribution in [1.29, 1.82) is 0 Å². The number of rotatable bonds is 11. The minimum Gasteiger partial charge on any atom is -0.456 e. The molecule has 0 saturated carbocycles. The van der Waals surface area contributed by atoms with Crippen molar-refractivity contribution in [2.24, 2.45) is 0 Å². The van der Waals surface area contributed by atoms with E-state index in [0.29, 0.717) is 5.75 Å². The molecule has 5 unspecified atom stereocenters. The maximum atomic E-state index is 12.3. The fraction of sp³-hybridized carbons (Fsp3) is 0.364. The van der Waals surface area contributed by atoms with Crippen LogP contribution in [0.4, 0.5) is 0 Å². The van der Waals surface area contributed by atoms with Gasteiger partial charge < -0.3 is 23.7 Å². The van der Waals surface area contributed by atoms with Crippen molar-refractivity contribution in [3.63, 3.8) is 0 Å². The van der Waals surface area contributed by atoms with Gasteiger partial charge in [-0.05, 0) is 22.4 Å². The zero-order valence-electron chi connectivity index (χ0n) is 24.1. The van der Waals surface area contributed by atoms with Gasteiger partial charge >= 0.3 is 17.9 Å².